The van der Waals surface area contributed by atoms with Crippen LogP contribution in [-0.2, 0) is 2.79 Å². The molecule has 0 aromatic rings. The van der Waals surface area contributed by atoms with Crippen LogP contribution in [-0.4, -0.2) is 71.7 Å². The Labute approximate surface area is 333 Å². The van der Waals surface area contributed by atoms with Gasteiger partial charge in [-0.15, -0.1) is 0 Å². The molecule has 0 unspecified atom stereocenters. The summed E-state index contributed by atoms with van der Waals surface area (Å²) in [5.74, 6) is 0. The first kappa shape index (κ1) is 58.4. The van der Waals surface area contributed by atoms with Gasteiger partial charge in [-0.05, 0) is 45.3 Å². The topological polar surface area (TPSA) is 9.23 Å². The summed E-state index contributed by atoms with van der Waals surface area (Å²) in [5.41, 5.74) is 0. The zero-order valence-corrected chi connectivity index (χ0v) is 47.6. The van der Waals surface area contributed by atoms with E-state index in [2.05, 4.69) is 200 Å². The van der Waals surface area contributed by atoms with E-state index in [4.69, 9.17) is 20.0 Å². The Morgan fingerprint density at radius 3 is 0.391 bits per heavy atom. The fourth-order valence-corrected chi connectivity index (χ4v) is 33.9. The first-order valence-electron chi connectivity index (χ1n) is 16.7. The first-order chi connectivity index (χ1) is 19.5. The molecule has 10 radical (unpaired) electrons. The van der Waals surface area contributed by atoms with Crippen molar-refractivity contribution in [3.63, 3.8) is 0 Å². The molecule has 46 heavy (non-hydrogen) atoms. The second-order valence-corrected chi connectivity index (χ2v) is 42.3. The van der Waals surface area contributed by atoms with E-state index in [-0.39, 0.29) is 0 Å². The molecule has 0 aliphatic carbocycles. The van der Waals surface area contributed by atoms with Crippen molar-refractivity contribution in [1.29, 1.82) is 0 Å². The molecule has 0 saturated carbocycles. The van der Waals surface area contributed by atoms with Gasteiger partial charge < -0.3 is 0 Å². The van der Waals surface area contributed by atoms with Gasteiger partial charge in [-0.1, -0.05) is 187 Å². The summed E-state index contributed by atoms with van der Waals surface area (Å²) in [7, 11) is 13.8. The summed E-state index contributed by atoms with van der Waals surface area (Å²) in [5, 5.41) is 4.39. The molecule has 0 spiro atoms. The van der Waals surface area contributed by atoms with Gasteiger partial charge in [0.15, 0.2) is 0 Å². The number of halogens is 3. The molecule has 0 rings (SSSR count). The van der Waals surface area contributed by atoms with Crippen LogP contribution in [0.4, 0.5) is 0 Å². The molecule has 0 amide bonds. The van der Waals surface area contributed by atoms with Crippen LogP contribution in [0.3, 0.4) is 0 Å². The summed E-state index contributed by atoms with van der Waals surface area (Å²) < 4.78 is 4.61. The van der Waals surface area contributed by atoms with E-state index >= 15 is 0 Å². The Balaban J connectivity index is -0.000000166. The minimum absolute atomic E-state index is 0.391. The normalized spacial score (nSPS) is 14.0. The Hall–Kier alpha value is 3.11. The molecule has 0 aromatic carbocycles. The van der Waals surface area contributed by atoms with Crippen LogP contribution in [0, 0.1) is 0 Å². The Morgan fingerprint density at radius 1 is 0.304 bits per heavy atom. The standard InChI is InChI=1S/3C12H27Si.Cl2Ge2O.ClGe/c3*1-10(2,3)13(11(4,5)6)12(7,8)9;1-3-5-4-2;1-2/h3*1-9H3;;. The van der Waals surface area contributed by atoms with Crippen molar-refractivity contribution in [1.82, 2.24) is 0 Å². The molecule has 0 aromatic heterocycles. The van der Waals surface area contributed by atoms with Crippen molar-refractivity contribution in [2.75, 3.05) is 0 Å². The van der Waals surface area contributed by atoms with Crippen molar-refractivity contribution < 1.29 is 2.79 Å². The van der Waals surface area contributed by atoms with Gasteiger partial charge in [0.05, 0.1) is 26.4 Å². The monoisotopic (exact) mass is 940 g/mol. The minimum atomic E-state index is -0.597. The van der Waals surface area contributed by atoms with Crippen LogP contribution >= 0.6 is 30.0 Å². The molecule has 1 nitrogen and oxygen atoms in total. The molecule has 0 aliphatic rings. The van der Waals surface area contributed by atoms with Gasteiger partial charge in [0.2, 0.25) is 0 Å². The molecule has 0 heterocycles. The zero-order chi connectivity index (χ0) is 39.4. The SMILES string of the molecule is CC(C)(C)[Si](C(C)(C)C)C(C)(C)C.CC(C)(C)[Si](C(C)(C)C)C(C)(C)C.CC(C)(C)[Si](C(C)(C)C)C(C)(C)C.[Cl][Ge].[Cl][Ge][O][Ge][Cl]. The molecule has 0 atom stereocenters. The second-order valence-electron chi connectivity index (χ2n) is 21.6. The van der Waals surface area contributed by atoms with E-state index < -0.39 is 56.1 Å². The number of hydrogen-bond acceptors (Lipinski definition) is 1. The Morgan fingerprint density at radius 2 is 0.391 bits per heavy atom. The molecule has 0 aliphatic heterocycles. The maximum atomic E-state index is 5.15. The average molecular weight is 938 g/mol. The third-order valence-corrected chi connectivity index (χ3v) is 26.5. The summed E-state index contributed by atoms with van der Waals surface area (Å²) in [4.78, 5) is 0. The molecule has 0 fully saturated rings. The predicted octanol–water partition coefficient (Wildman–Crippen LogP) is 15.5. The van der Waals surface area contributed by atoms with Gasteiger partial charge >= 0.3 is 78.1 Å². The Kier molecular flexibility index (Phi) is 28.4. The molecule has 276 valence electrons. The van der Waals surface area contributed by atoms with Crippen LogP contribution in [0.25, 0.3) is 0 Å². The molecule has 0 N–H and O–H groups in total. The number of hydrogen-bond donors (Lipinski definition) is 0. The van der Waals surface area contributed by atoms with Crippen molar-refractivity contribution in [2.45, 2.75) is 232 Å². The van der Waals surface area contributed by atoms with E-state index in [1.165, 1.54) is 15.6 Å². The molecule has 0 saturated heterocycles. The summed E-state index contributed by atoms with van der Waals surface area (Å²) in [6.45, 7) is 64.8. The van der Waals surface area contributed by atoms with Crippen LogP contribution in [0.15, 0.2) is 0 Å². The van der Waals surface area contributed by atoms with Crippen LogP contribution in [0.5, 0.6) is 0 Å². The third kappa shape index (κ3) is 28.7. The summed E-state index contributed by atoms with van der Waals surface area (Å²) in [6.07, 6.45) is 0. The van der Waals surface area contributed by atoms with Crippen LogP contribution in [0.1, 0.15) is 187 Å². The van der Waals surface area contributed by atoms with Crippen molar-refractivity contribution >= 4 is 102 Å². The van der Waals surface area contributed by atoms with E-state index in [0.717, 1.165) is 0 Å². The van der Waals surface area contributed by atoms with E-state index in [0.29, 0.717) is 45.3 Å². The van der Waals surface area contributed by atoms with Gasteiger partial charge in [0.25, 0.3) is 0 Å². The molecule has 10 heteroatoms. The second kappa shape index (κ2) is 22.4. The summed E-state index contributed by atoms with van der Waals surface area (Å²) in [6, 6.07) is 0. The first-order valence-corrected chi connectivity index (χ1v) is 31.2. The van der Waals surface area contributed by atoms with Crippen LogP contribution < -0.4 is 0 Å². The number of rotatable bonds is 2. The quantitative estimate of drug-likeness (QED) is 0.251. The zero-order valence-electron chi connectivity index (χ0n) is 36.0. The van der Waals surface area contributed by atoms with E-state index in [1.54, 1.807) is 0 Å². The average Bonchev–Trinajstić information content (AvgIpc) is 2.59. The maximum absolute atomic E-state index is 5.15. The van der Waals surface area contributed by atoms with Crippen molar-refractivity contribution in [2.24, 2.45) is 0 Å². The third-order valence-electron chi connectivity index (χ3n) is 6.83. The van der Waals surface area contributed by atoms with Crippen molar-refractivity contribution in [3.05, 3.63) is 0 Å². The van der Waals surface area contributed by atoms with Gasteiger partial charge in [-0.3, -0.25) is 0 Å². The predicted molar refractivity (Wildman–Crippen MR) is 231 cm³/mol. The fraction of sp³-hybridized carbons (Fsp3) is 1.00. The summed E-state index contributed by atoms with van der Waals surface area (Å²) >= 11 is 0.278. The van der Waals surface area contributed by atoms with E-state index in [1.807, 2.05) is 0 Å². The van der Waals surface area contributed by atoms with Gasteiger partial charge in [0, 0.05) is 0 Å². The van der Waals surface area contributed by atoms with Gasteiger partial charge in [-0.2, -0.15) is 0 Å². The fourth-order valence-electron chi connectivity index (χ4n) is 10.1. The van der Waals surface area contributed by atoms with E-state index in [9.17, 15) is 0 Å². The Bertz CT molecular complexity index is 564. The van der Waals surface area contributed by atoms with Crippen LogP contribution in [0.2, 0.25) is 45.3 Å². The van der Waals surface area contributed by atoms with Gasteiger partial charge in [0.1, 0.15) is 0 Å². The van der Waals surface area contributed by atoms with Gasteiger partial charge in [-0.25, -0.2) is 0 Å². The van der Waals surface area contributed by atoms with Crippen molar-refractivity contribution in [3.8, 4) is 0 Å². The molecular weight excluding hydrogens is 857 g/mol. The molecular formula is C36H81Cl3Ge3OSi3. The molecule has 0 bridgehead atoms.